The second-order valence-electron chi connectivity index (χ2n) is 4.42. The Labute approximate surface area is 85.1 Å². The molecule has 1 aliphatic heterocycles. The molecule has 1 fully saturated rings. The lowest BCUT2D eigenvalue weighted by atomic mass is 10.1. The van der Waals surface area contributed by atoms with E-state index in [2.05, 4.69) is 23.9 Å². The van der Waals surface area contributed by atoms with Crippen LogP contribution in [0.2, 0.25) is 0 Å². The van der Waals surface area contributed by atoms with Crippen LogP contribution in [0.5, 0.6) is 0 Å². The van der Waals surface area contributed by atoms with Crippen molar-refractivity contribution in [2.75, 3.05) is 12.3 Å². The smallest absolute Gasteiger partial charge is 0.0964 e. The van der Waals surface area contributed by atoms with Gasteiger partial charge in [0.1, 0.15) is 0 Å². The van der Waals surface area contributed by atoms with Crippen molar-refractivity contribution in [1.82, 2.24) is 0 Å². The number of nitrogens with zero attached hydrogens (tertiary/aromatic N) is 3. The third kappa shape index (κ3) is 2.76. The van der Waals surface area contributed by atoms with E-state index in [1.54, 1.807) is 0 Å². The van der Waals surface area contributed by atoms with Crippen LogP contribution in [0, 0.1) is 5.92 Å². The molecule has 0 bridgehead atoms. The molecule has 1 heterocycles. The van der Waals surface area contributed by atoms with Gasteiger partial charge in [-0.2, -0.15) is 0 Å². The molecule has 0 aliphatic carbocycles. The number of rotatable bonds is 4. The fourth-order valence-electron chi connectivity index (χ4n) is 1.98. The van der Waals surface area contributed by atoms with Gasteiger partial charge >= 0.3 is 0 Å². The van der Waals surface area contributed by atoms with Gasteiger partial charge in [-0.15, -0.1) is 0 Å². The lowest BCUT2D eigenvalue weighted by molar-refractivity contribution is 0.527. The van der Waals surface area contributed by atoms with E-state index in [1.165, 1.54) is 0 Å². The summed E-state index contributed by atoms with van der Waals surface area (Å²) in [7, 11) is -2.17. The minimum atomic E-state index is -2.17. The molecule has 1 atom stereocenters. The molecule has 0 amide bonds. The van der Waals surface area contributed by atoms with Crippen molar-refractivity contribution in [1.29, 1.82) is 0 Å². The topological polar surface area (TPSA) is 65.8 Å². The minimum Gasteiger partial charge on any atom is -0.323 e. The van der Waals surface area contributed by atoms with E-state index < -0.39 is 7.14 Å². The second-order valence-corrected chi connectivity index (χ2v) is 7.82. The molecular formula is C9H18N3OP. The maximum atomic E-state index is 12.4. The molecule has 0 saturated carbocycles. The predicted octanol–water partition coefficient (Wildman–Crippen LogP) is 3.83. The van der Waals surface area contributed by atoms with Gasteiger partial charge in [-0.1, -0.05) is 19.0 Å². The maximum absolute atomic E-state index is 12.4. The Morgan fingerprint density at radius 3 is 2.43 bits per heavy atom. The Hall–Kier alpha value is -0.460. The first kappa shape index (κ1) is 11.6. The molecule has 0 aromatic carbocycles. The van der Waals surface area contributed by atoms with Crippen molar-refractivity contribution in [2.45, 2.75) is 38.9 Å². The summed E-state index contributed by atoms with van der Waals surface area (Å²) < 4.78 is 12.4. The minimum absolute atomic E-state index is 0.241. The standard InChI is InChI=1S/C9H18N3OP/c1-8(2)7-9(11-12-10)14(13)5-3-4-6-14/h8-9H,3-7H2,1-2H3. The van der Waals surface area contributed by atoms with Crippen LogP contribution in [0.1, 0.15) is 33.1 Å². The Bertz CT molecular complexity index is 274. The molecule has 0 spiro atoms. The lowest BCUT2D eigenvalue weighted by Gasteiger charge is -2.20. The van der Waals surface area contributed by atoms with Crippen molar-refractivity contribution in [3.63, 3.8) is 0 Å². The Morgan fingerprint density at radius 1 is 1.43 bits per heavy atom. The molecule has 1 saturated heterocycles. The number of azide groups is 1. The first-order valence-corrected chi connectivity index (χ1v) is 7.35. The molecule has 80 valence electrons. The predicted molar refractivity (Wildman–Crippen MR) is 59.0 cm³/mol. The van der Waals surface area contributed by atoms with Gasteiger partial charge in [-0.3, -0.25) is 0 Å². The van der Waals surface area contributed by atoms with Crippen LogP contribution in [0.15, 0.2) is 5.11 Å². The fraction of sp³-hybridized carbons (Fsp3) is 1.00. The van der Waals surface area contributed by atoms with Gasteiger partial charge < -0.3 is 4.57 Å². The van der Waals surface area contributed by atoms with Crippen LogP contribution < -0.4 is 0 Å². The highest BCUT2D eigenvalue weighted by molar-refractivity contribution is 7.64. The summed E-state index contributed by atoms with van der Waals surface area (Å²) in [5.74, 6) is 0.201. The maximum Gasteiger partial charge on any atom is 0.0964 e. The fourth-order valence-corrected chi connectivity index (χ4v) is 5.36. The van der Waals surface area contributed by atoms with Gasteiger partial charge in [-0.25, -0.2) is 0 Å². The number of hydrogen-bond donors (Lipinski definition) is 0. The zero-order chi connectivity index (χ0) is 10.6. The second kappa shape index (κ2) is 4.86. The summed E-state index contributed by atoms with van der Waals surface area (Å²) in [5.41, 5.74) is 8.46. The van der Waals surface area contributed by atoms with Crippen LogP contribution in [0.3, 0.4) is 0 Å². The van der Waals surface area contributed by atoms with Gasteiger partial charge in [0, 0.05) is 17.2 Å². The highest BCUT2D eigenvalue weighted by Crippen LogP contribution is 2.58. The lowest BCUT2D eigenvalue weighted by Crippen LogP contribution is -2.09. The van der Waals surface area contributed by atoms with E-state index >= 15 is 0 Å². The molecule has 0 aromatic rings. The first-order valence-electron chi connectivity index (χ1n) is 5.20. The zero-order valence-electron chi connectivity index (χ0n) is 8.89. The van der Waals surface area contributed by atoms with Crippen molar-refractivity contribution < 1.29 is 4.57 Å². The van der Waals surface area contributed by atoms with E-state index in [0.29, 0.717) is 5.92 Å². The molecule has 0 N–H and O–H groups in total. The quantitative estimate of drug-likeness (QED) is 0.304. The van der Waals surface area contributed by atoms with Crippen molar-refractivity contribution in [3.8, 4) is 0 Å². The summed E-state index contributed by atoms with van der Waals surface area (Å²) in [6.45, 7) is 4.14. The largest absolute Gasteiger partial charge is 0.323 e. The molecule has 0 radical (unpaired) electrons. The highest BCUT2D eigenvalue weighted by atomic mass is 31.2. The van der Waals surface area contributed by atoms with E-state index in [4.69, 9.17) is 5.53 Å². The molecule has 1 unspecified atom stereocenters. The first-order chi connectivity index (χ1) is 6.58. The summed E-state index contributed by atoms with van der Waals surface area (Å²) in [5, 5.41) is 3.74. The monoisotopic (exact) mass is 215 g/mol. The highest BCUT2D eigenvalue weighted by Gasteiger charge is 2.35. The molecule has 1 rings (SSSR count). The molecule has 4 nitrogen and oxygen atoms in total. The molecule has 5 heteroatoms. The van der Waals surface area contributed by atoms with E-state index in [0.717, 1.165) is 31.6 Å². The van der Waals surface area contributed by atoms with Gasteiger partial charge in [0.2, 0.25) is 0 Å². The van der Waals surface area contributed by atoms with Crippen LogP contribution in [-0.4, -0.2) is 18.1 Å². The Morgan fingerprint density at radius 2 is 2.00 bits per heavy atom. The molecule has 14 heavy (non-hydrogen) atoms. The van der Waals surface area contributed by atoms with Crippen molar-refractivity contribution in [3.05, 3.63) is 10.4 Å². The van der Waals surface area contributed by atoms with Crippen LogP contribution in [0.4, 0.5) is 0 Å². The van der Waals surface area contributed by atoms with Gasteiger partial charge in [-0.05, 0) is 30.7 Å². The summed E-state index contributed by atoms with van der Waals surface area (Å²) in [4.78, 5) is 2.83. The summed E-state index contributed by atoms with van der Waals surface area (Å²) >= 11 is 0. The van der Waals surface area contributed by atoms with E-state index in [9.17, 15) is 4.57 Å². The van der Waals surface area contributed by atoms with Gasteiger partial charge in [0.05, 0.1) is 12.9 Å². The zero-order valence-corrected chi connectivity index (χ0v) is 9.78. The Kier molecular flexibility index (Phi) is 4.03. The SMILES string of the molecule is CC(C)CC(N=[N+]=[N-])P1(=O)CCCC1. The molecule has 0 aromatic heterocycles. The summed E-state index contributed by atoms with van der Waals surface area (Å²) in [6.07, 6.45) is 4.40. The third-order valence-corrected chi connectivity index (χ3v) is 6.28. The number of hydrogen-bond acceptors (Lipinski definition) is 2. The van der Waals surface area contributed by atoms with E-state index in [-0.39, 0.29) is 5.78 Å². The van der Waals surface area contributed by atoms with Crippen LogP contribution in [-0.2, 0) is 4.57 Å². The Balaban J connectivity index is 2.75. The van der Waals surface area contributed by atoms with Gasteiger partial charge in [0.25, 0.3) is 0 Å². The average molecular weight is 215 g/mol. The summed E-state index contributed by atoms with van der Waals surface area (Å²) in [6, 6.07) is 0. The molecular weight excluding hydrogens is 197 g/mol. The van der Waals surface area contributed by atoms with Crippen LogP contribution in [0.25, 0.3) is 10.4 Å². The van der Waals surface area contributed by atoms with Crippen LogP contribution >= 0.6 is 7.14 Å². The molecule has 1 aliphatic rings. The van der Waals surface area contributed by atoms with Gasteiger partial charge in [0.15, 0.2) is 0 Å². The van der Waals surface area contributed by atoms with E-state index in [1.807, 2.05) is 0 Å². The average Bonchev–Trinajstić information content (AvgIpc) is 2.52. The van der Waals surface area contributed by atoms with Crippen molar-refractivity contribution in [2.24, 2.45) is 11.0 Å². The normalized spacial score (nSPS) is 21.9. The third-order valence-electron chi connectivity index (χ3n) is 2.73. The van der Waals surface area contributed by atoms with Crippen molar-refractivity contribution >= 4 is 7.14 Å².